The Hall–Kier alpha value is -3.48. The third-order valence-electron chi connectivity index (χ3n) is 3.52. The Morgan fingerprint density at radius 2 is 1.85 bits per heavy atom. The zero-order chi connectivity index (χ0) is 18.2. The lowest BCUT2D eigenvalue weighted by Gasteiger charge is -2.08. The molecule has 0 atom stereocenters. The summed E-state index contributed by atoms with van der Waals surface area (Å²) >= 11 is 0. The van der Waals surface area contributed by atoms with E-state index < -0.39 is 0 Å². The fraction of sp³-hybridized carbons (Fsp3) is 0.158. The molecule has 0 unspecified atom stereocenters. The van der Waals surface area contributed by atoms with E-state index in [1.807, 2.05) is 30.3 Å². The lowest BCUT2D eigenvalue weighted by atomic mass is 10.2. The Balaban J connectivity index is 1.62. The highest BCUT2D eigenvalue weighted by Crippen LogP contribution is 2.16. The third kappa shape index (κ3) is 4.76. The second-order valence-corrected chi connectivity index (χ2v) is 5.43. The molecule has 0 saturated carbocycles. The summed E-state index contributed by atoms with van der Waals surface area (Å²) in [7, 11) is 0. The highest BCUT2D eigenvalue weighted by molar-refractivity contribution is 5.89. The van der Waals surface area contributed by atoms with E-state index in [0.717, 1.165) is 11.3 Å². The first-order valence-corrected chi connectivity index (χ1v) is 8.26. The van der Waals surface area contributed by atoms with E-state index in [0.29, 0.717) is 30.5 Å². The molecule has 0 fully saturated rings. The summed E-state index contributed by atoms with van der Waals surface area (Å²) in [5.74, 6) is 0.650. The van der Waals surface area contributed by atoms with Crippen LogP contribution in [0.25, 0.3) is 0 Å². The molecule has 1 heterocycles. The summed E-state index contributed by atoms with van der Waals surface area (Å²) in [4.78, 5) is 16.0. The number of carbonyl (C=O) groups excluding carboxylic acids is 1. The number of nitrogens with one attached hydrogen (secondary N) is 2. The van der Waals surface area contributed by atoms with Crippen molar-refractivity contribution < 1.29 is 9.53 Å². The van der Waals surface area contributed by atoms with Crippen molar-refractivity contribution >= 4 is 23.4 Å². The van der Waals surface area contributed by atoms with Crippen molar-refractivity contribution in [3.8, 4) is 0 Å². The second kappa shape index (κ2) is 8.57. The molecular formula is C19H19N5O2. The van der Waals surface area contributed by atoms with E-state index in [2.05, 4.69) is 25.8 Å². The van der Waals surface area contributed by atoms with E-state index in [-0.39, 0.29) is 5.97 Å². The molecule has 3 rings (SSSR count). The Labute approximate surface area is 151 Å². The van der Waals surface area contributed by atoms with Gasteiger partial charge in [0.25, 0.3) is 0 Å². The van der Waals surface area contributed by atoms with Gasteiger partial charge in [-0.2, -0.15) is 10.1 Å². The molecule has 2 aromatic carbocycles. The summed E-state index contributed by atoms with van der Waals surface area (Å²) in [6.45, 7) is 2.74. The standard InChI is InChI=1S/C19H19N5O2/c1-2-26-18(25)15-8-10-16(11-9-15)22-17-13-21-24-19(23-17)20-12-14-6-4-3-5-7-14/h3-11,13H,2,12H2,1H3,(H2,20,22,23,24). The number of nitrogens with zero attached hydrogens (tertiary/aromatic N) is 3. The van der Waals surface area contributed by atoms with E-state index in [9.17, 15) is 4.79 Å². The van der Waals surface area contributed by atoms with Crippen LogP contribution in [-0.4, -0.2) is 27.8 Å². The molecule has 0 bridgehead atoms. The minimum absolute atomic E-state index is 0.338. The zero-order valence-corrected chi connectivity index (χ0v) is 14.3. The number of aromatic nitrogens is 3. The monoisotopic (exact) mass is 349 g/mol. The van der Waals surface area contributed by atoms with Gasteiger partial charge in [0.1, 0.15) is 0 Å². The molecule has 0 amide bonds. The Bertz CT molecular complexity index is 853. The molecule has 3 aromatic rings. The lowest BCUT2D eigenvalue weighted by Crippen LogP contribution is -2.06. The van der Waals surface area contributed by atoms with Crippen LogP contribution in [-0.2, 0) is 11.3 Å². The maximum atomic E-state index is 11.7. The molecule has 7 nitrogen and oxygen atoms in total. The maximum Gasteiger partial charge on any atom is 0.338 e. The van der Waals surface area contributed by atoms with Crippen molar-refractivity contribution in [2.75, 3.05) is 17.2 Å². The molecule has 0 radical (unpaired) electrons. The SMILES string of the molecule is CCOC(=O)c1ccc(Nc2cnnc(NCc3ccccc3)n2)cc1. The summed E-state index contributed by atoms with van der Waals surface area (Å²) in [5.41, 5.74) is 2.42. The van der Waals surface area contributed by atoms with Gasteiger partial charge in [-0.15, -0.1) is 5.10 Å². The van der Waals surface area contributed by atoms with Crippen molar-refractivity contribution in [2.24, 2.45) is 0 Å². The van der Waals surface area contributed by atoms with Gasteiger partial charge in [-0.1, -0.05) is 30.3 Å². The molecule has 0 spiro atoms. The largest absolute Gasteiger partial charge is 0.462 e. The third-order valence-corrected chi connectivity index (χ3v) is 3.52. The van der Waals surface area contributed by atoms with Crippen LogP contribution in [0.4, 0.5) is 17.5 Å². The Morgan fingerprint density at radius 1 is 1.08 bits per heavy atom. The van der Waals surface area contributed by atoms with Crippen LogP contribution in [0.15, 0.2) is 60.8 Å². The normalized spacial score (nSPS) is 10.2. The van der Waals surface area contributed by atoms with Gasteiger partial charge in [0.15, 0.2) is 5.82 Å². The zero-order valence-electron chi connectivity index (χ0n) is 14.3. The number of ether oxygens (including phenoxy) is 1. The molecule has 132 valence electrons. The van der Waals surface area contributed by atoms with Gasteiger partial charge >= 0.3 is 5.97 Å². The molecule has 0 saturated heterocycles. The minimum Gasteiger partial charge on any atom is -0.462 e. The lowest BCUT2D eigenvalue weighted by molar-refractivity contribution is 0.0526. The predicted octanol–water partition coefficient (Wildman–Crippen LogP) is 3.40. The maximum absolute atomic E-state index is 11.7. The molecule has 0 aliphatic carbocycles. The predicted molar refractivity (Wildman–Crippen MR) is 99.3 cm³/mol. The van der Waals surface area contributed by atoms with Gasteiger partial charge in [0, 0.05) is 12.2 Å². The molecule has 26 heavy (non-hydrogen) atoms. The second-order valence-electron chi connectivity index (χ2n) is 5.43. The van der Waals surface area contributed by atoms with Gasteiger partial charge in [0.2, 0.25) is 5.95 Å². The first-order chi connectivity index (χ1) is 12.7. The average molecular weight is 349 g/mol. The summed E-state index contributed by atoms with van der Waals surface area (Å²) in [6, 6.07) is 16.9. The van der Waals surface area contributed by atoms with E-state index >= 15 is 0 Å². The highest BCUT2D eigenvalue weighted by atomic mass is 16.5. The highest BCUT2D eigenvalue weighted by Gasteiger charge is 2.06. The van der Waals surface area contributed by atoms with Gasteiger partial charge < -0.3 is 15.4 Å². The minimum atomic E-state index is -0.338. The molecule has 0 aliphatic heterocycles. The fourth-order valence-corrected chi connectivity index (χ4v) is 2.27. The van der Waals surface area contributed by atoms with Gasteiger partial charge in [0.05, 0.1) is 18.4 Å². The van der Waals surface area contributed by atoms with Crippen molar-refractivity contribution in [1.82, 2.24) is 15.2 Å². The van der Waals surface area contributed by atoms with Crippen LogP contribution >= 0.6 is 0 Å². The van der Waals surface area contributed by atoms with E-state index in [1.54, 1.807) is 31.2 Å². The number of hydrogen-bond donors (Lipinski definition) is 2. The summed E-state index contributed by atoms with van der Waals surface area (Å²) in [5, 5.41) is 14.2. The summed E-state index contributed by atoms with van der Waals surface area (Å²) in [6.07, 6.45) is 1.53. The number of esters is 1. The smallest absolute Gasteiger partial charge is 0.338 e. The number of benzene rings is 2. The average Bonchev–Trinajstić information content (AvgIpc) is 2.68. The molecule has 2 N–H and O–H groups in total. The van der Waals surface area contributed by atoms with Crippen LogP contribution in [0.3, 0.4) is 0 Å². The molecule has 1 aromatic heterocycles. The van der Waals surface area contributed by atoms with Crippen LogP contribution in [0.1, 0.15) is 22.8 Å². The van der Waals surface area contributed by atoms with Crippen molar-refractivity contribution in [3.05, 3.63) is 71.9 Å². The van der Waals surface area contributed by atoms with Crippen molar-refractivity contribution in [3.63, 3.8) is 0 Å². The van der Waals surface area contributed by atoms with Crippen molar-refractivity contribution in [2.45, 2.75) is 13.5 Å². The number of hydrogen-bond acceptors (Lipinski definition) is 7. The van der Waals surface area contributed by atoms with Crippen LogP contribution in [0.2, 0.25) is 0 Å². The van der Waals surface area contributed by atoms with Gasteiger partial charge in [-0.05, 0) is 36.8 Å². The quantitative estimate of drug-likeness (QED) is 0.632. The van der Waals surface area contributed by atoms with E-state index in [4.69, 9.17) is 4.74 Å². The topological polar surface area (TPSA) is 89.0 Å². The molecule has 7 heteroatoms. The molecule has 0 aliphatic rings. The number of rotatable bonds is 7. The number of carbonyl (C=O) groups is 1. The van der Waals surface area contributed by atoms with E-state index in [1.165, 1.54) is 6.20 Å². The summed E-state index contributed by atoms with van der Waals surface area (Å²) < 4.78 is 4.97. The molecular weight excluding hydrogens is 330 g/mol. The Kier molecular flexibility index (Phi) is 5.72. The van der Waals surface area contributed by atoms with Crippen LogP contribution < -0.4 is 10.6 Å². The van der Waals surface area contributed by atoms with Gasteiger partial charge in [-0.25, -0.2) is 4.79 Å². The van der Waals surface area contributed by atoms with Gasteiger partial charge in [-0.3, -0.25) is 0 Å². The first kappa shape index (κ1) is 17.3. The van der Waals surface area contributed by atoms with Crippen LogP contribution in [0.5, 0.6) is 0 Å². The fourth-order valence-electron chi connectivity index (χ4n) is 2.27. The van der Waals surface area contributed by atoms with Crippen molar-refractivity contribution in [1.29, 1.82) is 0 Å². The first-order valence-electron chi connectivity index (χ1n) is 8.26. The number of anilines is 3. The van der Waals surface area contributed by atoms with Crippen LogP contribution in [0, 0.1) is 0 Å². The Morgan fingerprint density at radius 3 is 2.58 bits per heavy atom.